The Labute approximate surface area is 790 Å². The third kappa shape index (κ3) is 21.3. The van der Waals surface area contributed by atoms with Gasteiger partial charge in [-0.2, -0.15) is 40.9 Å². The van der Waals surface area contributed by atoms with E-state index in [0.717, 1.165) is 133 Å². The number of piperazine rings is 2. The molecule has 136 heavy (non-hydrogen) atoms. The zero-order valence-electron chi connectivity index (χ0n) is 73.8. The summed E-state index contributed by atoms with van der Waals surface area (Å²) in [5, 5.41) is 19.2. The maximum atomic E-state index is 14.6. The summed E-state index contributed by atoms with van der Waals surface area (Å²) in [7, 11) is 0. The number of anilines is 5. The van der Waals surface area contributed by atoms with Crippen LogP contribution in [0.15, 0.2) is 164 Å². The number of allylic oxidation sites excluding steroid dienone is 4. The Morgan fingerprint density at radius 2 is 1.04 bits per heavy atom. The summed E-state index contributed by atoms with van der Waals surface area (Å²) >= 11 is 11.1. The molecule has 31 nitrogen and oxygen atoms in total. The molecule has 4 amide bonds. The summed E-state index contributed by atoms with van der Waals surface area (Å²) in [4.78, 5) is 131. The van der Waals surface area contributed by atoms with Gasteiger partial charge in [0, 0.05) is 185 Å². The van der Waals surface area contributed by atoms with Gasteiger partial charge in [0.05, 0.1) is 116 Å². The highest BCUT2D eigenvalue weighted by molar-refractivity contribution is 7.21. The maximum absolute atomic E-state index is 14.6. The monoisotopic (exact) mass is 1940 g/mol. The van der Waals surface area contributed by atoms with Crippen LogP contribution in [0.4, 0.5) is 59.8 Å². The number of carbonyl (C=O) groups excluding carboxylic acids is 6. The van der Waals surface area contributed by atoms with E-state index in [-0.39, 0.29) is 67.9 Å². The number of ether oxygens (including phenoxy) is 3. The van der Waals surface area contributed by atoms with Crippen LogP contribution in [-0.2, 0) is 51.3 Å². The number of aromatic nitrogens is 12. The van der Waals surface area contributed by atoms with Gasteiger partial charge in [0.2, 0.25) is 23.5 Å². The van der Waals surface area contributed by atoms with Crippen molar-refractivity contribution in [1.82, 2.24) is 84.8 Å². The van der Waals surface area contributed by atoms with Crippen molar-refractivity contribution in [2.24, 2.45) is 0 Å². The molecule has 0 aliphatic carbocycles. The number of halogens is 8. The van der Waals surface area contributed by atoms with Gasteiger partial charge in [-0.05, 0) is 98.2 Å². The molecule has 5 N–H and O–H groups in total. The van der Waals surface area contributed by atoms with Gasteiger partial charge in [-0.1, -0.05) is 84.4 Å². The van der Waals surface area contributed by atoms with E-state index in [2.05, 4.69) is 80.1 Å². The average molecular weight is 1940 g/mol. The fourth-order valence-electron chi connectivity index (χ4n) is 16.6. The van der Waals surface area contributed by atoms with Crippen molar-refractivity contribution in [2.45, 2.75) is 64.2 Å². The van der Waals surface area contributed by atoms with Crippen LogP contribution in [0.25, 0.3) is 97.8 Å². The highest BCUT2D eigenvalue weighted by Gasteiger charge is 2.67. The van der Waals surface area contributed by atoms with Crippen LogP contribution in [-0.4, -0.2) is 282 Å². The van der Waals surface area contributed by atoms with Gasteiger partial charge >= 0.3 is 18.0 Å². The topological polar surface area (TPSA) is 355 Å². The van der Waals surface area contributed by atoms with Gasteiger partial charge in [-0.15, -0.1) is 34.0 Å². The highest BCUT2D eigenvalue weighted by Crippen LogP contribution is 2.44. The Kier molecular flexibility index (Phi) is 28.8. The first-order valence-corrected chi connectivity index (χ1v) is 46.8. The number of benzene rings is 4. The number of hydrogen-bond donors (Lipinski definition) is 4. The normalized spacial score (nSPS) is 16.3. The summed E-state index contributed by atoms with van der Waals surface area (Å²) in [6, 6.07) is 30.0. The number of ketones is 2. The number of nitrogens with two attached hydrogens (primary N) is 1. The second-order valence-electron chi connectivity index (χ2n) is 33.2. The lowest BCUT2D eigenvalue weighted by Gasteiger charge is -2.37. The molecule has 0 atom stereocenters. The molecule has 13 aromatic rings. The molecule has 9 aromatic heterocycles. The molecule has 0 spiro atoms. The molecule has 5 fully saturated rings. The number of thiophene rings is 3. The average Bonchev–Trinajstić information content (AvgIpc) is 0.912. The highest BCUT2D eigenvalue weighted by atomic mass is 35.5. The van der Waals surface area contributed by atoms with E-state index >= 15 is 0 Å². The molecule has 15 heterocycles. The molecular weight excluding hydrogens is 1850 g/mol. The Balaban J connectivity index is 0.000000142. The molecule has 706 valence electrons. The molecule has 0 saturated carbocycles. The number of alkyl halides is 7. The second-order valence-corrected chi connectivity index (χ2v) is 36.9. The van der Waals surface area contributed by atoms with Crippen molar-refractivity contribution in [3.8, 4) is 34.2 Å². The number of aromatic amines is 2. The van der Waals surface area contributed by atoms with Crippen LogP contribution >= 0.6 is 45.6 Å². The van der Waals surface area contributed by atoms with Gasteiger partial charge in [0.1, 0.15) is 0 Å². The van der Waals surface area contributed by atoms with Crippen molar-refractivity contribution in [1.29, 1.82) is 0 Å². The molecule has 0 radical (unpaired) electrons. The SMILES string of the molecule is C=CC(=O)Nc1cc(C(=O)N2CC=C(c3cc4nc(-c5cnc(N)nc5)nc(N5CCOCC5)c4s3)CC2)ccc1Cl.CC(C)=CC(=O)C(F)(F)C(F)(F)C(=O)N1CCN(Cc2cc3nc(-c4cccc5[nH]ncc45)nc(N4CCOCC4)c3s2)CC1.O=C(/C=C(/c1ccccc1)C(F)(F)F)CCC(=O)N1CCN(Cc2cc3nc(-c4cccc5[nH]ncc45)nc(N4CCOCC4)c3s2)CC1. The molecule has 4 aromatic carbocycles. The van der Waals surface area contributed by atoms with E-state index in [1.807, 2.05) is 47.4 Å². The number of nitrogens with one attached hydrogen (secondary N) is 3. The number of amides is 4. The number of H-pyrrole nitrogens is 2. The number of nitrogens with zero attached hydrogens (tertiary/aromatic N) is 18. The minimum absolute atomic E-state index is 0.0823. The second kappa shape index (κ2) is 41.3. The summed E-state index contributed by atoms with van der Waals surface area (Å²) in [5.41, 5.74) is 13.4. The first-order chi connectivity index (χ1) is 65.6. The third-order valence-corrected chi connectivity index (χ3v) is 27.5. The summed E-state index contributed by atoms with van der Waals surface area (Å²) < 4.78 is 119. The lowest BCUT2D eigenvalue weighted by molar-refractivity contribution is -0.214. The van der Waals surface area contributed by atoms with Crippen molar-refractivity contribution >= 4 is 173 Å². The molecule has 6 aliphatic heterocycles. The van der Waals surface area contributed by atoms with Crippen LogP contribution in [0.2, 0.25) is 5.02 Å². The number of nitrogen functional groups attached to an aromatic ring is 1. The summed E-state index contributed by atoms with van der Waals surface area (Å²) in [5.74, 6) is -11.4. The molecule has 5 saturated heterocycles. The van der Waals surface area contributed by atoms with E-state index in [0.29, 0.717) is 168 Å². The predicted octanol–water partition coefficient (Wildman–Crippen LogP) is 14.5. The van der Waals surface area contributed by atoms with Crippen LogP contribution < -0.4 is 25.8 Å². The van der Waals surface area contributed by atoms with Crippen LogP contribution in [0.1, 0.15) is 63.7 Å². The van der Waals surface area contributed by atoms with Crippen molar-refractivity contribution < 1.29 is 73.7 Å². The van der Waals surface area contributed by atoms with Gasteiger partial charge in [0.15, 0.2) is 40.7 Å². The Morgan fingerprint density at radius 3 is 1.55 bits per heavy atom. The number of rotatable bonds is 23. The lowest BCUT2D eigenvalue weighted by Crippen LogP contribution is -2.60. The van der Waals surface area contributed by atoms with Crippen molar-refractivity contribution in [3.05, 3.63) is 195 Å². The molecule has 19 rings (SSSR count). The Hall–Kier alpha value is -13.0. The van der Waals surface area contributed by atoms with Crippen LogP contribution in [0, 0.1) is 0 Å². The van der Waals surface area contributed by atoms with E-state index in [1.165, 1.54) is 49.4 Å². The Morgan fingerprint density at radius 1 is 0.537 bits per heavy atom. The quantitative estimate of drug-likeness (QED) is 0.0341. The van der Waals surface area contributed by atoms with E-state index in [4.69, 9.17) is 61.4 Å². The van der Waals surface area contributed by atoms with Crippen LogP contribution in [0.5, 0.6) is 0 Å². The molecule has 0 bridgehead atoms. The molecular formula is C94H92ClF7N22O9S3. The minimum atomic E-state index is -5.16. The largest absolute Gasteiger partial charge is 0.417 e. The lowest BCUT2D eigenvalue weighted by atomic mass is 10.0. The number of morpholine rings is 3. The molecule has 0 unspecified atom stereocenters. The minimum Gasteiger partial charge on any atom is -0.378 e. The fourth-order valence-corrected chi connectivity index (χ4v) is 20.2. The third-order valence-electron chi connectivity index (χ3n) is 23.8. The number of carbonyl (C=O) groups is 6. The first kappa shape index (κ1) is 94.8. The molecule has 6 aliphatic rings. The number of fused-ring (bicyclic) bond motifs is 5. The Bertz CT molecular complexity index is 6750. The summed E-state index contributed by atoms with van der Waals surface area (Å²) in [6.07, 6.45) is 6.66. The van der Waals surface area contributed by atoms with Gasteiger partial charge in [-0.25, -0.2) is 39.9 Å². The number of hydrogen-bond acceptors (Lipinski definition) is 28. The predicted molar refractivity (Wildman–Crippen MR) is 508 cm³/mol. The zero-order valence-corrected chi connectivity index (χ0v) is 77.0. The van der Waals surface area contributed by atoms with Gasteiger partial charge < -0.3 is 54.7 Å². The summed E-state index contributed by atoms with van der Waals surface area (Å²) in [6.45, 7) is 18.5. The smallest absolute Gasteiger partial charge is 0.378 e. The van der Waals surface area contributed by atoms with Gasteiger partial charge in [-0.3, -0.25) is 48.8 Å². The standard InChI is InChI=1S/C35H34F3N7O3S.C30H31F4N7O3S.C29H27ClN8O3S/c36-35(37,38)28(23-5-2-1-3-6-23)19-24(46)9-10-31(47)44-13-11-43(12-14-44)22-25-20-30-32(49-25)34(45-15-17-48-18-16-45)41-33(40-30)26-7-4-8-29-27(26)21-39-42-29;1-18(2)14-24(42)29(31,32)30(33,34)28(43)41-8-6-39(7-9-41)17-19-15-23-25(45-19)27(40-10-12-44-13-11-40)37-26(36-23)20-4-3-5-22-21(20)16-35-38-22;1-2-24(39)34-21-13-18(3-4-20(21)30)28(40)38-7-5-17(6-8-38)23-14-22-25(42-23)27(37-9-11-41-12-10-37)36-26(35-22)19-15-32-29(31)33-16-19/h1-8,19-21H,9-18,22H2,(H,39,42);3-5,14-16H,6-13,17H2,1-2H3,(H,35,38);2-5,13-16H,1,6-12H2,(H,34,39)(H2,31,32,33)/b28-19-;;. The van der Waals surface area contributed by atoms with Crippen LogP contribution in [0.3, 0.4) is 0 Å². The van der Waals surface area contributed by atoms with E-state index < -0.39 is 47.0 Å². The molecule has 42 heteroatoms. The van der Waals surface area contributed by atoms with Gasteiger partial charge in [0.25, 0.3) is 11.8 Å². The van der Waals surface area contributed by atoms with E-state index in [9.17, 15) is 59.5 Å². The maximum Gasteiger partial charge on any atom is 0.417 e. The van der Waals surface area contributed by atoms with Crippen molar-refractivity contribution in [3.63, 3.8) is 0 Å². The zero-order chi connectivity index (χ0) is 95.1. The first-order valence-electron chi connectivity index (χ1n) is 44.0. The fraction of sp³-hybridized carbons (Fsp3) is 0.340. The van der Waals surface area contributed by atoms with E-state index in [1.54, 1.807) is 81.5 Å². The van der Waals surface area contributed by atoms with Crippen molar-refractivity contribution in [2.75, 3.05) is 170 Å².